The second-order valence-corrected chi connectivity index (χ2v) is 10.1. The van der Waals surface area contributed by atoms with E-state index in [4.69, 9.17) is 23.7 Å². The summed E-state index contributed by atoms with van der Waals surface area (Å²) in [7, 11) is 0. The van der Waals surface area contributed by atoms with Crippen LogP contribution in [-0.4, -0.2) is 127 Å². The zero-order chi connectivity index (χ0) is 31.3. The van der Waals surface area contributed by atoms with E-state index in [-0.39, 0.29) is 30.3 Å². The number of benzene rings is 2. The van der Waals surface area contributed by atoms with Crippen LogP contribution in [0.4, 0.5) is 0 Å². The molecule has 236 valence electrons. The Balaban J connectivity index is 1.50. The van der Waals surface area contributed by atoms with Gasteiger partial charge in [-0.3, -0.25) is 0 Å². The van der Waals surface area contributed by atoms with Crippen LogP contribution in [-0.2, 0) is 34.9 Å². The van der Waals surface area contributed by atoms with E-state index in [9.17, 15) is 50.8 Å². The Kier molecular flexibility index (Phi) is 10.4. The summed E-state index contributed by atoms with van der Waals surface area (Å²) in [5, 5.41) is 89.8. The number of aliphatic hydroxyl groups excluding tert-OH is 4. The number of hydrogen-bond acceptors (Lipinski definition) is 15. The summed E-state index contributed by atoms with van der Waals surface area (Å²) in [5.74, 6) is -2.39. The van der Waals surface area contributed by atoms with E-state index in [1.807, 2.05) is 0 Å². The number of esters is 1. The maximum atomic E-state index is 12.7. The monoisotopic (exact) mass is 610 g/mol. The number of phenols is 4. The van der Waals surface area contributed by atoms with Gasteiger partial charge < -0.3 is 69.6 Å². The largest absolute Gasteiger partial charge is 0.504 e. The zero-order valence-corrected chi connectivity index (χ0v) is 22.7. The predicted octanol–water partition coefficient (Wildman–Crippen LogP) is -1.40. The number of carbonyl (C=O) groups excluding carboxylic acids is 1. The van der Waals surface area contributed by atoms with Gasteiger partial charge in [-0.15, -0.1) is 0 Å². The van der Waals surface area contributed by atoms with Gasteiger partial charge in [0.1, 0.15) is 30.0 Å². The molecule has 2 aliphatic rings. The van der Waals surface area contributed by atoms with Crippen LogP contribution in [0.2, 0.25) is 0 Å². The average Bonchev–Trinajstić information content (AvgIpc) is 3.27. The normalized spacial score (nSPS) is 31.0. The van der Waals surface area contributed by atoms with Crippen LogP contribution < -0.4 is 0 Å². The quantitative estimate of drug-likeness (QED) is 0.0806. The van der Waals surface area contributed by atoms with Gasteiger partial charge in [-0.25, -0.2) is 4.79 Å². The highest BCUT2D eigenvalue weighted by Gasteiger charge is 2.54. The Morgan fingerprint density at radius 3 is 2.28 bits per heavy atom. The van der Waals surface area contributed by atoms with Crippen molar-refractivity contribution in [2.45, 2.75) is 55.1 Å². The molecule has 4 rings (SSSR count). The third kappa shape index (κ3) is 7.53. The molecule has 2 saturated heterocycles. The zero-order valence-electron chi connectivity index (χ0n) is 22.7. The van der Waals surface area contributed by atoms with Gasteiger partial charge >= 0.3 is 5.97 Å². The van der Waals surface area contributed by atoms with Gasteiger partial charge in [-0.2, -0.15) is 0 Å². The van der Waals surface area contributed by atoms with Crippen LogP contribution >= 0.6 is 0 Å². The first-order valence-electron chi connectivity index (χ1n) is 13.2. The second-order valence-electron chi connectivity index (χ2n) is 10.1. The maximum Gasteiger partial charge on any atom is 0.331 e. The molecule has 0 unspecified atom stereocenters. The first kappa shape index (κ1) is 32.4. The first-order valence-corrected chi connectivity index (χ1v) is 13.2. The Morgan fingerprint density at radius 2 is 1.65 bits per heavy atom. The van der Waals surface area contributed by atoms with Gasteiger partial charge in [-0.05, 0) is 47.9 Å². The second kappa shape index (κ2) is 13.9. The number of hydrogen-bond donors (Lipinski definition) is 9. The fourth-order valence-corrected chi connectivity index (χ4v) is 4.54. The molecule has 0 aliphatic carbocycles. The Hall–Kier alpha value is -3.51. The topological polar surface area (TPSA) is 245 Å². The number of aliphatic hydroxyl groups is 5. The molecule has 15 nitrogen and oxygen atoms in total. The van der Waals surface area contributed by atoms with Crippen molar-refractivity contribution < 1.29 is 74.4 Å². The third-order valence-corrected chi connectivity index (χ3v) is 7.04. The SMILES string of the molecule is O=C(C=Cc1ccc(O)c(O)c1)O[C@H]1[C@H](O[C@H]2OC[C@](O)(CO)[C@H]2O)[C@@H](O)[C@H](OCCc2ccc(O)c(O)c2)O[C@@H]1CO. The molecule has 2 aromatic rings. The number of aromatic hydroxyl groups is 4. The molecule has 0 saturated carbocycles. The number of ether oxygens (including phenoxy) is 5. The van der Waals surface area contributed by atoms with Crippen molar-refractivity contribution in [3.8, 4) is 23.0 Å². The molecule has 2 heterocycles. The Labute approximate surface area is 245 Å². The Morgan fingerprint density at radius 1 is 0.953 bits per heavy atom. The minimum absolute atomic E-state index is 0.0731. The van der Waals surface area contributed by atoms with Crippen molar-refractivity contribution in [3.05, 3.63) is 53.6 Å². The molecule has 9 N–H and O–H groups in total. The van der Waals surface area contributed by atoms with Gasteiger partial charge in [-0.1, -0.05) is 12.1 Å². The minimum Gasteiger partial charge on any atom is -0.504 e. The molecule has 0 spiro atoms. The van der Waals surface area contributed by atoms with Crippen LogP contribution in [0.25, 0.3) is 6.08 Å². The van der Waals surface area contributed by atoms with Crippen LogP contribution in [0, 0.1) is 0 Å². The fourth-order valence-electron chi connectivity index (χ4n) is 4.54. The van der Waals surface area contributed by atoms with E-state index in [0.29, 0.717) is 11.1 Å². The highest BCUT2D eigenvalue weighted by Crippen LogP contribution is 2.33. The lowest BCUT2D eigenvalue weighted by Crippen LogP contribution is -2.62. The average molecular weight is 611 g/mol. The van der Waals surface area contributed by atoms with Crippen molar-refractivity contribution in [2.24, 2.45) is 0 Å². The van der Waals surface area contributed by atoms with E-state index in [1.54, 1.807) is 6.07 Å². The molecule has 8 atom stereocenters. The van der Waals surface area contributed by atoms with E-state index < -0.39 is 80.2 Å². The molecule has 0 bridgehead atoms. The molecular weight excluding hydrogens is 576 g/mol. The number of phenolic OH excluding ortho intramolecular Hbond substituents is 4. The summed E-state index contributed by atoms with van der Waals surface area (Å²) in [6.45, 7) is -2.18. The summed E-state index contributed by atoms with van der Waals surface area (Å²) in [4.78, 5) is 12.7. The van der Waals surface area contributed by atoms with Crippen molar-refractivity contribution in [1.29, 1.82) is 0 Å². The summed E-state index contributed by atoms with van der Waals surface area (Å²) in [5.41, 5.74) is -1.15. The smallest absolute Gasteiger partial charge is 0.331 e. The van der Waals surface area contributed by atoms with Crippen LogP contribution in [0.5, 0.6) is 23.0 Å². The molecule has 15 heteroatoms. The molecule has 0 amide bonds. The van der Waals surface area contributed by atoms with Gasteiger partial charge in [0.2, 0.25) is 0 Å². The van der Waals surface area contributed by atoms with Gasteiger partial charge in [0, 0.05) is 6.08 Å². The van der Waals surface area contributed by atoms with Crippen LogP contribution in [0.15, 0.2) is 42.5 Å². The standard InChI is InChI=1S/C28H34O15/c29-11-20-23(42-21(35)6-3-14-1-4-16(31)18(33)9-14)24(43-27-25(37)28(38,12-30)13-40-27)22(36)26(41-20)39-8-7-15-2-5-17(32)19(34)10-15/h1-6,9-10,20,22-27,29-34,36-38H,7-8,11-13H2/t20-,22-,23-,24-,25+,26-,27-,28-/m1/s1. The molecule has 2 aliphatic heterocycles. The molecule has 43 heavy (non-hydrogen) atoms. The summed E-state index contributed by atoms with van der Waals surface area (Å²) < 4.78 is 27.8. The lowest BCUT2D eigenvalue weighted by Gasteiger charge is -2.44. The predicted molar refractivity (Wildman–Crippen MR) is 143 cm³/mol. The summed E-state index contributed by atoms with van der Waals surface area (Å²) in [6, 6.07) is 7.98. The Bertz CT molecular complexity index is 1280. The van der Waals surface area contributed by atoms with E-state index in [0.717, 1.165) is 6.08 Å². The van der Waals surface area contributed by atoms with Gasteiger partial charge in [0.15, 0.2) is 41.7 Å². The summed E-state index contributed by atoms with van der Waals surface area (Å²) >= 11 is 0. The summed E-state index contributed by atoms with van der Waals surface area (Å²) in [6.07, 6.45) is -8.43. The van der Waals surface area contributed by atoms with Crippen molar-refractivity contribution in [1.82, 2.24) is 0 Å². The third-order valence-electron chi connectivity index (χ3n) is 7.04. The van der Waals surface area contributed by atoms with Crippen molar-refractivity contribution in [3.63, 3.8) is 0 Å². The number of carbonyl (C=O) groups is 1. The van der Waals surface area contributed by atoms with Gasteiger partial charge in [0.05, 0.1) is 26.4 Å². The lowest BCUT2D eigenvalue weighted by atomic mass is 9.97. The van der Waals surface area contributed by atoms with E-state index in [2.05, 4.69) is 0 Å². The maximum absolute atomic E-state index is 12.7. The van der Waals surface area contributed by atoms with Crippen molar-refractivity contribution in [2.75, 3.05) is 26.4 Å². The highest BCUT2D eigenvalue weighted by atomic mass is 16.7. The molecule has 0 aromatic heterocycles. The van der Waals surface area contributed by atoms with E-state index >= 15 is 0 Å². The molecule has 2 fully saturated rings. The molecular formula is C28H34O15. The number of rotatable bonds is 11. The minimum atomic E-state index is -2.06. The highest BCUT2D eigenvalue weighted by molar-refractivity contribution is 5.87. The molecule has 0 radical (unpaired) electrons. The fraction of sp³-hybridized carbons (Fsp3) is 0.464. The van der Waals surface area contributed by atoms with Crippen molar-refractivity contribution >= 4 is 12.0 Å². The van der Waals surface area contributed by atoms with Crippen LogP contribution in [0.3, 0.4) is 0 Å². The van der Waals surface area contributed by atoms with Crippen LogP contribution in [0.1, 0.15) is 11.1 Å². The van der Waals surface area contributed by atoms with Gasteiger partial charge in [0.25, 0.3) is 0 Å². The lowest BCUT2D eigenvalue weighted by molar-refractivity contribution is -0.330. The van der Waals surface area contributed by atoms with E-state index in [1.165, 1.54) is 36.4 Å². The molecule has 2 aromatic carbocycles. The first-order chi connectivity index (χ1) is 20.4.